The van der Waals surface area contributed by atoms with Crippen LogP contribution in [0.15, 0.2) is 54.7 Å². The van der Waals surface area contributed by atoms with E-state index in [1.807, 2.05) is 55.5 Å². The highest BCUT2D eigenvalue weighted by Crippen LogP contribution is 2.36. The van der Waals surface area contributed by atoms with E-state index in [4.69, 9.17) is 21.3 Å². The summed E-state index contributed by atoms with van der Waals surface area (Å²) in [6.45, 7) is 5.60. The van der Waals surface area contributed by atoms with Gasteiger partial charge in [0.2, 0.25) is 0 Å². The normalized spacial score (nSPS) is 14.3. The lowest BCUT2D eigenvalue weighted by Crippen LogP contribution is -2.44. The molecular weight excluding hydrogens is 490 g/mol. The van der Waals surface area contributed by atoms with Gasteiger partial charge >= 0.3 is 6.01 Å². The number of benzene rings is 1. The fourth-order valence-electron chi connectivity index (χ4n) is 4.36. The number of nitrogens with zero attached hydrogens (tertiary/aromatic N) is 6. The van der Waals surface area contributed by atoms with Crippen molar-refractivity contribution in [3.05, 3.63) is 65.4 Å². The van der Waals surface area contributed by atoms with Crippen molar-refractivity contribution in [2.45, 2.75) is 6.92 Å². The number of piperazine rings is 1. The number of aromatic amines is 2. The number of H-pyrrole nitrogens is 2. The molecule has 0 radical (unpaired) electrons. The van der Waals surface area contributed by atoms with Crippen LogP contribution in [0.3, 0.4) is 0 Å². The molecular formula is C26H26ClN9O. The number of halogens is 1. The van der Waals surface area contributed by atoms with Gasteiger partial charge in [-0.2, -0.15) is 15.1 Å². The highest BCUT2D eigenvalue weighted by Gasteiger charge is 2.19. The van der Waals surface area contributed by atoms with Gasteiger partial charge in [-0.25, -0.2) is 0 Å². The Labute approximate surface area is 218 Å². The Hall–Kier alpha value is -4.15. The number of anilines is 3. The lowest BCUT2D eigenvalue weighted by molar-refractivity contribution is 0.311. The number of fused-ring (bicyclic) bond motifs is 1. The van der Waals surface area contributed by atoms with Crippen molar-refractivity contribution in [3.8, 4) is 23.1 Å². The fourth-order valence-corrected chi connectivity index (χ4v) is 4.61. The number of likely N-dealkylation sites (N-methyl/N-ethyl adjacent to an activating group) is 1. The number of aromatic nitrogens is 6. The second kappa shape index (κ2) is 9.72. The van der Waals surface area contributed by atoms with Crippen molar-refractivity contribution in [3.63, 3.8) is 0 Å². The maximum atomic E-state index is 6.69. The number of hydrogen-bond donors (Lipinski definition) is 3. The maximum absolute atomic E-state index is 6.69. The molecule has 37 heavy (non-hydrogen) atoms. The molecule has 1 aliphatic rings. The Morgan fingerprint density at radius 1 is 1.00 bits per heavy atom. The number of nitrogens with one attached hydrogen (secondary N) is 3. The van der Waals surface area contributed by atoms with Gasteiger partial charge in [-0.15, -0.1) is 0 Å². The van der Waals surface area contributed by atoms with Crippen molar-refractivity contribution in [2.75, 3.05) is 43.4 Å². The maximum Gasteiger partial charge on any atom is 0.325 e. The molecule has 1 fully saturated rings. The summed E-state index contributed by atoms with van der Waals surface area (Å²) >= 11 is 6.69. The molecule has 4 aromatic heterocycles. The number of pyridine rings is 1. The Balaban J connectivity index is 1.32. The zero-order valence-electron chi connectivity index (χ0n) is 20.5. The molecule has 1 saturated heterocycles. The second-order valence-corrected chi connectivity index (χ2v) is 9.46. The third-order valence-electron chi connectivity index (χ3n) is 6.33. The molecule has 5 heterocycles. The van der Waals surface area contributed by atoms with Crippen LogP contribution in [-0.2, 0) is 0 Å². The van der Waals surface area contributed by atoms with Crippen LogP contribution in [0.1, 0.15) is 5.69 Å². The Morgan fingerprint density at radius 3 is 2.68 bits per heavy atom. The average Bonchev–Trinajstić information content (AvgIpc) is 3.53. The largest absolute Gasteiger partial charge is 0.423 e. The number of aryl methyl sites for hydroxylation is 1. The molecule has 6 rings (SSSR count). The predicted molar refractivity (Wildman–Crippen MR) is 145 cm³/mol. The third kappa shape index (κ3) is 4.93. The molecule has 3 N–H and O–H groups in total. The van der Waals surface area contributed by atoms with Crippen LogP contribution in [0.2, 0.25) is 5.02 Å². The van der Waals surface area contributed by atoms with Crippen LogP contribution in [0.25, 0.3) is 22.3 Å². The molecule has 0 atom stereocenters. The van der Waals surface area contributed by atoms with E-state index < -0.39 is 0 Å². The first-order chi connectivity index (χ1) is 18.0. The van der Waals surface area contributed by atoms with Gasteiger partial charge in [0.1, 0.15) is 17.4 Å². The summed E-state index contributed by atoms with van der Waals surface area (Å²) in [7, 11) is 2.12. The quantitative estimate of drug-likeness (QED) is 0.290. The molecule has 0 amide bonds. The van der Waals surface area contributed by atoms with E-state index in [0.717, 1.165) is 60.0 Å². The van der Waals surface area contributed by atoms with E-state index >= 15 is 0 Å². The lowest BCUT2D eigenvalue weighted by Gasteiger charge is -2.33. The molecule has 1 aromatic carbocycles. The lowest BCUT2D eigenvalue weighted by atomic mass is 10.2. The van der Waals surface area contributed by atoms with Gasteiger partial charge in [0.15, 0.2) is 5.82 Å². The Bertz CT molecular complexity index is 1540. The summed E-state index contributed by atoms with van der Waals surface area (Å²) in [5.74, 6) is 2.44. The van der Waals surface area contributed by atoms with Gasteiger partial charge in [-0.1, -0.05) is 17.7 Å². The molecule has 0 aliphatic carbocycles. The van der Waals surface area contributed by atoms with Crippen molar-refractivity contribution >= 4 is 40.0 Å². The highest BCUT2D eigenvalue weighted by atomic mass is 35.5. The van der Waals surface area contributed by atoms with Crippen molar-refractivity contribution < 1.29 is 4.74 Å². The van der Waals surface area contributed by atoms with Crippen molar-refractivity contribution in [1.29, 1.82) is 0 Å². The van der Waals surface area contributed by atoms with E-state index in [2.05, 4.69) is 47.3 Å². The smallest absolute Gasteiger partial charge is 0.325 e. The summed E-state index contributed by atoms with van der Waals surface area (Å²) in [6.07, 6.45) is 1.75. The van der Waals surface area contributed by atoms with Crippen LogP contribution in [-0.4, -0.2) is 68.3 Å². The first-order valence-electron chi connectivity index (χ1n) is 12.0. The second-order valence-electron chi connectivity index (χ2n) is 9.08. The highest BCUT2D eigenvalue weighted by molar-refractivity contribution is 6.37. The summed E-state index contributed by atoms with van der Waals surface area (Å²) < 4.78 is 6.15. The Kier molecular flexibility index (Phi) is 6.11. The van der Waals surface area contributed by atoms with Gasteiger partial charge in [-0.3, -0.25) is 10.1 Å². The van der Waals surface area contributed by atoms with E-state index in [0.29, 0.717) is 22.4 Å². The minimum Gasteiger partial charge on any atom is -0.423 e. The number of rotatable bonds is 6. The van der Waals surface area contributed by atoms with E-state index in [9.17, 15) is 0 Å². The zero-order valence-corrected chi connectivity index (χ0v) is 21.3. The van der Waals surface area contributed by atoms with Gasteiger partial charge < -0.3 is 24.8 Å². The SMILES string of the molecule is Cc1cc2c(Cl)c(Oc3nc(Nc4cc(-c5ccccn5)[nH]n4)cc(N4CCN(C)CC4)n3)ccc2[nH]1. The first-order valence-corrected chi connectivity index (χ1v) is 12.4. The van der Waals surface area contributed by atoms with Crippen LogP contribution in [0.4, 0.5) is 17.5 Å². The van der Waals surface area contributed by atoms with E-state index in [1.54, 1.807) is 6.20 Å². The van der Waals surface area contributed by atoms with Gasteiger partial charge in [-0.05, 0) is 44.3 Å². The van der Waals surface area contributed by atoms with E-state index in [-0.39, 0.29) is 6.01 Å². The molecule has 5 aromatic rings. The average molecular weight is 516 g/mol. The summed E-state index contributed by atoms with van der Waals surface area (Å²) in [4.78, 5) is 21.5. The number of hydrogen-bond acceptors (Lipinski definition) is 8. The van der Waals surface area contributed by atoms with Crippen LogP contribution in [0, 0.1) is 6.92 Å². The molecule has 0 bridgehead atoms. The summed E-state index contributed by atoms with van der Waals surface area (Å²) in [5, 5.41) is 12.1. The standard InChI is InChI=1S/C26H26ClN9O/c1-16-13-17-18(29-16)6-7-21(25(17)27)37-26-31-22(15-24(32-26)36-11-9-35(2)10-12-36)30-23-14-20(33-34-23)19-5-3-4-8-28-19/h3-8,13-15,29H,9-12H2,1-2H3,(H2,30,31,32,33,34). The molecule has 0 saturated carbocycles. The van der Waals surface area contributed by atoms with Gasteiger partial charge in [0.05, 0.1) is 16.4 Å². The first kappa shape index (κ1) is 23.3. The van der Waals surface area contributed by atoms with Crippen molar-refractivity contribution in [2.24, 2.45) is 0 Å². The summed E-state index contributed by atoms with van der Waals surface area (Å²) in [6, 6.07) is 15.5. The molecule has 10 nitrogen and oxygen atoms in total. The monoisotopic (exact) mass is 515 g/mol. The molecule has 0 spiro atoms. The molecule has 11 heteroatoms. The fraction of sp³-hybridized carbons (Fsp3) is 0.231. The van der Waals surface area contributed by atoms with Gasteiger partial charge in [0.25, 0.3) is 0 Å². The predicted octanol–water partition coefficient (Wildman–Crippen LogP) is 4.99. The minimum absolute atomic E-state index is 0.202. The van der Waals surface area contributed by atoms with Crippen LogP contribution >= 0.6 is 11.6 Å². The topological polar surface area (TPSA) is 111 Å². The molecule has 0 unspecified atom stereocenters. The minimum atomic E-state index is 0.202. The van der Waals surface area contributed by atoms with E-state index in [1.165, 1.54) is 0 Å². The summed E-state index contributed by atoms with van der Waals surface area (Å²) in [5.41, 5.74) is 3.58. The van der Waals surface area contributed by atoms with Crippen LogP contribution in [0.5, 0.6) is 11.8 Å². The molecule has 1 aliphatic heterocycles. The molecule has 188 valence electrons. The van der Waals surface area contributed by atoms with Crippen molar-refractivity contribution in [1.82, 2.24) is 35.0 Å². The van der Waals surface area contributed by atoms with Gasteiger partial charge in [0, 0.05) is 61.1 Å². The zero-order chi connectivity index (χ0) is 25.4. The third-order valence-corrected chi connectivity index (χ3v) is 6.72. The Morgan fingerprint density at radius 2 is 1.86 bits per heavy atom. The van der Waals surface area contributed by atoms with Crippen LogP contribution < -0.4 is 15.0 Å². The number of ether oxygens (including phenoxy) is 1.